The molecular weight excluding hydrogens is 352 g/mol. The van der Waals surface area contributed by atoms with Crippen LogP contribution in [0.1, 0.15) is 61.0 Å². The third-order valence-electron chi connectivity index (χ3n) is 7.21. The molecule has 2 bridgehead atoms. The van der Waals surface area contributed by atoms with Gasteiger partial charge in [0.05, 0.1) is 11.2 Å². The summed E-state index contributed by atoms with van der Waals surface area (Å²) in [6, 6.07) is 3.51. The van der Waals surface area contributed by atoms with E-state index in [2.05, 4.69) is 31.4 Å². The van der Waals surface area contributed by atoms with Gasteiger partial charge in [0.15, 0.2) is 0 Å². The number of allylic oxidation sites excluding steroid dienone is 2. The summed E-state index contributed by atoms with van der Waals surface area (Å²) >= 11 is 0. The molecule has 28 heavy (non-hydrogen) atoms. The van der Waals surface area contributed by atoms with E-state index in [1.165, 1.54) is 5.57 Å². The van der Waals surface area contributed by atoms with Gasteiger partial charge in [-0.1, -0.05) is 29.9 Å². The van der Waals surface area contributed by atoms with E-state index < -0.39 is 16.9 Å². The Hall–Kier alpha value is -2.11. The molecule has 3 atom stereocenters. The van der Waals surface area contributed by atoms with E-state index in [4.69, 9.17) is 5.73 Å². The minimum Gasteiger partial charge on any atom is -0.507 e. The lowest BCUT2D eigenvalue weighted by molar-refractivity contribution is -0.156. The fourth-order valence-electron chi connectivity index (χ4n) is 5.85. The standard InChI is InChI=1S/C23H30N2O3/c1-14(2)7-10-25-11-9-22-13-15(3)6-8-23(22,28)18(25)12-16-4-5-17(21(24)27)20(26)19(16)22/h4-5,7,18,26,28H,3,6,8-13H2,1-2H3,(H2,24,27). The normalized spacial score (nSPS) is 31.7. The van der Waals surface area contributed by atoms with Crippen LogP contribution in [0.3, 0.4) is 0 Å². The number of aliphatic hydroxyl groups is 1. The molecule has 3 unspecified atom stereocenters. The van der Waals surface area contributed by atoms with Crippen LogP contribution < -0.4 is 5.73 Å². The number of likely N-dealkylation sites (tertiary alicyclic amines) is 1. The van der Waals surface area contributed by atoms with Crippen molar-refractivity contribution >= 4 is 5.91 Å². The number of aromatic hydroxyl groups is 1. The lowest BCUT2D eigenvalue weighted by Gasteiger charge is -2.64. The van der Waals surface area contributed by atoms with Crippen molar-refractivity contribution in [3.63, 3.8) is 0 Å². The van der Waals surface area contributed by atoms with Gasteiger partial charge in [-0.3, -0.25) is 9.69 Å². The van der Waals surface area contributed by atoms with Gasteiger partial charge in [0.2, 0.25) is 0 Å². The van der Waals surface area contributed by atoms with Crippen LogP contribution in [0.4, 0.5) is 0 Å². The summed E-state index contributed by atoms with van der Waals surface area (Å²) in [5.41, 5.74) is 8.16. The Morgan fingerprint density at radius 3 is 2.82 bits per heavy atom. The van der Waals surface area contributed by atoms with Crippen molar-refractivity contribution in [1.29, 1.82) is 0 Å². The lowest BCUT2D eigenvalue weighted by Crippen LogP contribution is -2.72. The zero-order chi connectivity index (χ0) is 20.3. The number of hydrogen-bond donors (Lipinski definition) is 3. The monoisotopic (exact) mass is 382 g/mol. The second-order valence-electron chi connectivity index (χ2n) is 9.04. The molecule has 1 aromatic carbocycles. The van der Waals surface area contributed by atoms with E-state index in [0.29, 0.717) is 19.3 Å². The Morgan fingerprint density at radius 2 is 2.14 bits per heavy atom. The quantitative estimate of drug-likeness (QED) is 0.702. The highest BCUT2D eigenvalue weighted by Gasteiger charge is 2.64. The first-order valence-electron chi connectivity index (χ1n) is 10.1. The highest BCUT2D eigenvalue weighted by molar-refractivity contribution is 5.96. The van der Waals surface area contributed by atoms with Crippen LogP contribution in [0.2, 0.25) is 0 Å². The number of carbonyl (C=O) groups excluding carboxylic acids is 1. The number of phenols is 1. The van der Waals surface area contributed by atoms with Gasteiger partial charge >= 0.3 is 0 Å². The predicted molar refractivity (Wildman–Crippen MR) is 109 cm³/mol. The zero-order valence-electron chi connectivity index (χ0n) is 16.8. The number of benzene rings is 1. The Labute approximate surface area is 166 Å². The van der Waals surface area contributed by atoms with Gasteiger partial charge in [-0.25, -0.2) is 0 Å². The number of piperidine rings is 1. The van der Waals surface area contributed by atoms with Crippen LogP contribution in [0.5, 0.6) is 5.75 Å². The van der Waals surface area contributed by atoms with E-state index in [-0.39, 0.29) is 17.4 Å². The molecule has 5 heteroatoms. The molecule has 4 rings (SSSR count). The van der Waals surface area contributed by atoms with Crippen LogP contribution in [-0.2, 0) is 11.8 Å². The van der Waals surface area contributed by atoms with Crippen LogP contribution in [0.25, 0.3) is 0 Å². The Bertz CT molecular complexity index is 886. The van der Waals surface area contributed by atoms with Crippen LogP contribution in [-0.4, -0.2) is 45.8 Å². The van der Waals surface area contributed by atoms with Gasteiger partial charge < -0.3 is 15.9 Å². The second-order valence-corrected chi connectivity index (χ2v) is 9.04. The molecule has 1 heterocycles. The molecule has 150 valence electrons. The van der Waals surface area contributed by atoms with Crippen molar-refractivity contribution in [2.75, 3.05) is 13.1 Å². The number of hydrogen-bond acceptors (Lipinski definition) is 4. The number of nitrogens with two attached hydrogens (primary N) is 1. The van der Waals surface area contributed by atoms with Crippen molar-refractivity contribution in [1.82, 2.24) is 4.90 Å². The van der Waals surface area contributed by atoms with Crippen LogP contribution in [0, 0.1) is 0 Å². The van der Waals surface area contributed by atoms with Crippen molar-refractivity contribution in [2.24, 2.45) is 5.73 Å². The maximum Gasteiger partial charge on any atom is 0.252 e. The summed E-state index contributed by atoms with van der Waals surface area (Å²) in [5, 5.41) is 23.1. The molecule has 5 nitrogen and oxygen atoms in total. The smallest absolute Gasteiger partial charge is 0.252 e. The molecule has 0 radical (unpaired) electrons. The van der Waals surface area contributed by atoms with Crippen molar-refractivity contribution < 1.29 is 15.0 Å². The van der Waals surface area contributed by atoms with E-state index in [1.54, 1.807) is 6.07 Å². The maximum atomic E-state index is 12.1. The molecule has 2 fully saturated rings. The third-order valence-corrected chi connectivity index (χ3v) is 7.21. The number of nitrogens with zero attached hydrogens (tertiary/aromatic N) is 1. The highest BCUT2D eigenvalue weighted by atomic mass is 16.3. The fourth-order valence-corrected chi connectivity index (χ4v) is 5.85. The number of primary amides is 1. The summed E-state index contributed by atoms with van der Waals surface area (Å²) < 4.78 is 0. The van der Waals surface area contributed by atoms with Crippen LogP contribution >= 0.6 is 0 Å². The molecule has 1 amide bonds. The van der Waals surface area contributed by atoms with Gasteiger partial charge in [0.25, 0.3) is 5.91 Å². The number of fused-ring (bicyclic) bond motifs is 1. The summed E-state index contributed by atoms with van der Waals surface area (Å²) in [6.07, 6.45) is 5.64. The van der Waals surface area contributed by atoms with Gasteiger partial charge in [-0.15, -0.1) is 0 Å². The Morgan fingerprint density at radius 1 is 1.39 bits per heavy atom. The summed E-state index contributed by atoms with van der Waals surface area (Å²) in [5.74, 6) is -0.688. The molecule has 0 aromatic heterocycles. The SMILES string of the molecule is C=C1CCC2(O)C3Cc4ccc(C(N)=O)c(O)c4C2(CCN3CC=C(C)C)C1. The first-order valence-corrected chi connectivity index (χ1v) is 10.1. The zero-order valence-corrected chi connectivity index (χ0v) is 16.8. The Balaban J connectivity index is 1.90. The van der Waals surface area contributed by atoms with Crippen molar-refractivity contribution in [3.05, 3.63) is 52.6 Å². The molecular formula is C23H30N2O3. The first kappa shape index (κ1) is 19.2. The third kappa shape index (κ3) is 2.56. The number of amides is 1. The fraction of sp³-hybridized carbons (Fsp3) is 0.522. The minimum atomic E-state index is -0.956. The lowest BCUT2D eigenvalue weighted by atomic mass is 9.48. The molecule has 0 spiro atoms. The molecule has 1 aromatic rings. The summed E-state index contributed by atoms with van der Waals surface area (Å²) in [4.78, 5) is 14.2. The average molecular weight is 383 g/mol. The number of carbonyl (C=O) groups is 1. The van der Waals surface area contributed by atoms with Gasteiger partial charge in [0, 0.05) is 23.6 Å². The van der Waals surface area contributed by atoms with Gasteiger partial charge in [0.1, 0.15) is 5.75 Å². The Kier molecular flexibility index (Phi) is 4.43. The maximum absolute atomic E-state index is 12.1. The second kappa shape index (κ2) is 6.46. The minimum absolute atomic E-state index is 0.0173. The van der Waals surface area contributed by atoms with Crippen molar-refractivity contribution in [2.45, 2.75) is 63.0 Å². The van der Waals surface area contributed by atoms with Gasteiger partial charge in [-0.2, -0.15) is 0 Å². The van der Waals surface area contributed by atoms with E-state index >= 15 is 0 Å². The summed E-state index contributed by atoms with van der Waals surface area (Å²) in [7, 11) is 0. The predicted octanol–water partition coefficient (Wildman–Crippen LogP) is 2.80. The topological polar surface area (TPSA) is 86.8 Å². The largest absolute Gasteiger partial charge is 0.507 e. The molecule has 1 aliphatic heterocycles. The highest BCUT2D eigenvalue weighted by Crippen LogP contribution is 2.61. The van der Waals surface area contributed by atoms with Crippen molar-refractivity contribution in [3.8, 4) is 5.75 Å². The first-order chi connectivity index (χ1) is 13.2. The molecule has 2 aliphatic carbocycles. The average Bonchev–Trinajstić information content (AvgIpc) is 2.61. The van der Waals surface area contributed by atoms with Crippen LogP contribution in [0.15, 0.2) is 35.9 Å². The molecule has 4 N–H and O–H groups in total. The molecule has 3 aliphatic rings. The molecule has 1 saturated carbocycles. The summed E-state index contributed by atoms with van der Waals surface area (Å²) in [6.45, 7) is 10.0. The van der Waals surface area contributed by atoms with E-state index in [0.717, 1.165) is 42.6 Å². The number of rotatable bonds is 3. The van der Waals surface area contributed by atoms with Gasteiger partial charge in [-0.05, 0) is 64.1 Å². The van der Waals surface area contributed by atoms with E-state index in [1.807, 2.05) is 6.07 Å². The molecule has 1 saturated heterocycles. The van der Waals surface area contributed by atoms with E-state index in [9.17, 15) is 15.0 Å².